The van der Waals surface area contributed by atoms with Crippen LogP contribution in [-0.2, 0) is 9.53 Å². The molecule has 2 N–H and O–H groups in total. The van der Waals surface area contributed by atoms with E-state index in [1.807, 2.05) is 13.8 Å². The number of hydrogen-bond donors (Lipinski definition) is 2. The first-order valence-electron chi connectivity index (χ1n) is 5.72. The number of hydrogen-bond acceptors (Lipinski definition) is 3. The Kier molecular flexibility index (Phi) is 5.25. The van der Waals surface area contributed by atoms with Crippen molar-refractivity contribution in [3.63, 3.8) is 0 Å². The number of halogens is 1. The summed E-state index contributed by atoms with van der Waals surface area (Å²) < 4.78 is 17.7. The lowest BCUT2D eigenvalue weighted by Crippen LogP contribution is -2.46. The van der Waals surface area contributed by atoms with E-state index >= 15 is 0 Å². The summed E-state index contributed by atoms with van der Waals surface area (Å²) in [5.41, 5.74) is 0.308. The Hall–Kier alpha value is -1.46. The van der Waals surface area contributed by atoms with Gasteiger partial charge in [-0.25, -0.2) is 4.39 Å². The summed E-state index contributed by atoms with van der Waals surface area (Å²) >= 11 is 0. The third-order valence-corrected chi connectivity index (χ3v) is 2.36. The van der Waals surface area contributed by atoms with Crippen LogP contribution >= 0.6 is 0 Å². The van der Waals surface area contributed by atoms with Crippen LogP contribution in [0.25, 0.3) is 0 Å². The molecule has 0 spiro atoms. The number of carbonyl (C=O) groups is 1. The van der Waals surface area contributed by atoms with Crippen LogP contribution in [0.1, 0.15) is 13.8 Å². The third kappa shape index (κ3) is 5.25. The average Bonchev–Trinajstić information content (AvgIpc) is 2.30. The normalized spacial score (nSPS) is 11.3. The van der Waals surface area contributed by atoms with Gasteiger partial charge in [0, 0.05) is 18.3 Å². The van der Waals surface area contributed by atoms with Crippen LogP contribution in [0, 0.1) is 5.82 Å². The second-order valence-corrected chi connectivity index (χ2v) is 4.73. The molecule has 0 fully saturated rings. The summed E-state index contributed by atoms with van der Waals surface area (Å²) in [5.74, 6) is -0.502. The van der Waals surface area contributed by atoms with Crippen molar-refractivity contribution in [1.82, 2.24) is 5.32 Å². The van der Waals surface area contributed by atoms with Crippen LogP contribution in [0.4, 0.5) is 10.1 Å². The predicted octanol–water partition coefficient (Wildman–Crippen LogP) is 1.78. The Morgan fingerprint density at radius 3 is 2.50 bits per heavy atom. The number of carbonyl (C=O) groups excluding carboxylic acids is 1. The summed E-state index contributed by atoms with van der Waals surface area (Å²) in [5, 5.41) is 5.76. The fourth-order valence-corrected chi connectivity index (χ4v) is 1.47. The number of ether oxygens (including phenoxy) is 1. The van der Waals surface area contributed by atoms with Crippen molar-refractivity contribution in [2.45, 2.75) is 19.4 Å². The largest absolute Gasteiger partial charge is 0.383 e. The van der Waals surface area contributed by atoms with Crippen LogP contribution < -0.4 is 10.6 Å². The molecule has 1 aromatic rings. The second kappa shape index (κ2) is 6.47. The van der Waals surface area contributed by atoms with E-state index in [1.165, 1.54) is 24.3 Å². The predicted molar refractivity (Wildman–Crippen MR) is 69.0 cm³/mol. The van der Waals surface area contributed by atoms with Gasteiger partial charge < -0.3 is 15.4 Å². The first-order valence-corrected chi connectivity index (χ1v) is 5.72. The summed E-state index contributed by atoms with van der Waals surface area (Å²) in [6.07, 6.45) is 0. The minimum Gasteiger partial charge on any atom is -0.383 e. The molecule has 0 aromatic heterocycles. The van der Waals surface area contributed by atoms with Crippen molar-refractivity contribution < 1.29 is 13.9 Å². The highest BCUT2D eigenvalue weighted by atomic mass is 19.1. The molecule has 4 nitrogen and oxygen atoms in total. The summed E-state index contributed by atoms with van der Waals surface area (Å²) in [6, 6.07) is 5.65. The average molecular weight is 254 g/mol. The maximum absolute atomic E-state index is 12.7. The quantitative estimate of drug-likeness (QED) is 0.813. The maximum Gasteiger partial charge on any atom is 0.238 e. The van der Waals surface area contributed by atoms with Gasteiger partial charge in [0.1, 0.15) is 5.82 Å². The SMILES string of the molecule is COCC(C)(C)NCC(=O)Nc1ccc(F)cc1. The molecule has 0 aliphatic rings. The van der Waals surface area contributed by atoms with Gasteiger partial charge in [0.2, 0.25) is 5.91 Å². The van der Waals surface area contributed by atoms with E-state index in [2.05, 4.69) is 10.6 Å². The van der Waals surface area contributed by atoms with E-state index in [9.17, 15) is 9.18 Å². The topological polar surface area (TPSA) is 50.4 Å². The van der Waals surface area contributed by atoms with Gasteiger partial charge in [-0.1, -0.05) is 0 Å². The lowest BCUT2D eigenvalue weighted by molar-refractivity contribution is -0.115. The Morgan fingerprint density at radius 2 is 1.94 bits per heavy atom. The molecular formula is C13H19FN2O2. The number of anilines is 1. The Morgan fingerprint density at radius 1 is 1.33 bits per heavy atom. The lowest BCUT2D eigenvalue weighted by atomic mass is 10.1. The van der Waals surface area contributed by atoms with Gasteiger partial charge in [-0.3, -0.25) is 4.79 Å². The molecule has 0 atom stereocenters. The van der Waals surface area contributed by atoms with Crippen LogP contribution in [-0.4, -0.2) is 31.7 Å². The maximum atomic E-state index is 12.7. The molecule has 0 saturated carbocycles. The van der Waals surface area contributed by atoms with E-state index in [0.717, 1.165) is 0 Å². The molecule has 1 aromatic carbocycles. The first kappa shape index (κ1) is 14.6. The highest BCUT2D eigenvalue weighted by Gasteiger charge is 2.17. The van der Waals surface area contributed by atoms with Crippen molar-refractivity contribution >= 4 is 11.6 Å². The molecule has 0 aliphatic carbocycles. The molecule has 0 radical (unpaired) electrons. The van der Waals surface area contributed by atoms with Gasteiger partial charge in [0.15, 0.2) is 0 Å². The minimum absolute atomic E-state index is 0.174. The third-order valence-electron chi connectivity index (χ3n) is 2.36. The van der Waals surface area contributed by atoms with Crippen molar-refractivity contribution in [3.8, 4) is 0 Å². The van der Waals surface area contributed by atoms with Gasteiger partial charge >= 0.3 is 0 Å². The number of nitrogens with one attached hydrogen (secondary N) is 2. The van der Waals surface area contributed by atoms with Crippen LogP contribution in [0.5, 0.6) is 0 Å². The van der Waals surface area contributed by atoms with Crippen molar-refractivity contribution in [1.29, 1.82) is 0 Å². The van der Waals surface area contributed by atoms with Crippen molar-refractivity contribution in [2.75, 3.05) is 25.6 Å². The fraction of sp³-hybridized carbons (Fsp3) is 0.462. The highest BCUT2D eigenvalue weighted by molar-refractivity contribution is 5.92. The molecule has 0 bridgehead atoms. The smallest absolute Gasteiger partial charge is 0.238 e. The highest BCUT2D eigenvalue weighted by Crippen LogP contribution is 2.08. The van der Waals surface area contributed by atoms with Crippen molar-refractivity contribution in [2.24, 2.45) is 0 Å². The molecule has 0 heterocycles. The van der Waals surface area contributed by atoms with Crippen LogP contribution in [0.15, 0.2) is 24.3 Å². The lowest BCUT2D eigenvalue weighted by Gasteiger charge is -2.24. The van der Waals surface area contributed by atoms with E-state index < -0.39 is 0 Å². The Balaban J connectivity index is 2.40. The van der Waals surface area contributed by atoms with Gasteiger partial charge in [-0.2, -0.15) is 0 Å². The van der Waals surface area contributed by atoms with E-state index in [4.69, 9.17) is 4.74 Å². The number of methoxy groups -OCH3 is 1. The molecule has 0 aliphatic heterocycles. The summed E-state index contributed by atoms with van der Waals surface area (Å²) in [6.45, 7) is 4.58. The Labute approximate surface area is 107 Å². The monoisotopic (exact) mass is 254 g/mol. The first-order chi connectivity index (χ1) is 8.43. The van der Waals surface area contributed by atoms with Gasteiger partial charge in [0.25, 0.3) is 0 Å². The van der Waals surface area contributed by atoms with Gasteiger partial charge in [0.05, 0.1) is 13.2 Å². The minimum atomic E-state index is -0.327. The molecule has 0 saturated heterocycles. The van der Waals surface area contributed by atoms with E-state index in [1.54, 1.807) is 7.11 Å². The number of amides is 1. The van der Waals surface area contributed by atoms with Gasteiger partial charge in [-0.15, -0.1) is 0 Å². The van der Waals surface area contributed by atoms with Crippen LogP contribution in [0.2, 0.25) is 0 Å². The van der Waals surface area contributed by atoms with E-state index in [0.29, 0.717) is 12.3 Å². The van der Waals surface area contributed by atoms with E-state index in [-0.39, 0.29) is 23.8 Å². The molecule has 1 amide bonds. The molecule has 0 unspecified atom stereocenters. The number of rotatable bonds is 6. The van der Waals surface area contributed by atoms with Crippen LogP contribution in [0.3, 0.4) is 0 Å². The molecular weight excluding hydrogens is 235 g/mol. The zero-order valence-corrected chi connectivity index (χ0v) is 10.9. The molecule has 5 heteroatoms. The van der Waals surface area contributed by atoms with Gasteiger partial charge in [-0.05, 0) is 38.1 Å². The second-order valence-electron chi connectivity index (χ2n) is 4.73. The fourth-order valence-electron chi connectivity index (χ4n) is 1.47. The van der Waals surface area contributed by atoms with Crippen molar-refractivity contribution in [3.05, 3.63) is 30.1 Å². The zero-order valence-electron chi connectivity index (χ0n) is 10.9. The zero-order chi connectivity index (χ0) is 13.6. The summed E-state index contributed by atoms with van der Waals surface area (Å²) in [7, 11) is 1.61. The summed E-state index contributed by atoms with van der Waals surface area (Å²) in [4.78, 5) is 11.6. The molecule has 18 heavy (non-hydrogen) atoms. The molecule has 100 valence electrons. The Bertz CT molecular complexity index is 390. The molecule has 1 rings (SSSR count). The number of benzene rings is 1. The standard InChI is InChI=1S/C13H19FN2O2/c1-13(2,9-18-3)15-8-12(17)16-11-6-4-10(14)5-7-11/h4-7,15H,8-9H2,1-3H3,(H,16,17).